The third kappa shape index (κ3) is 4.07. The van der Waals surface area contributed by atoms with Crippen molar-refractivity contribution in [3.63, 3.8) is 0 Å². The normalized spacial score (nSPS) is 16.1. The lowest BCUT2D eigenvalue weighted by molar-refractivity contribution is -0.137. The van der Waals surface area contributed by atoms with Crippen molar-refractivity contribution in [3.05, 3.63) is 23.4 Å². The van der Waals surface area contributed by atoms with Gasteiger partial charge in [0.1, 0.15) is 5.82 Å². The molecule has 1 aliphatic heterocycles. The van der Waals surface area contributed by atoms with Gasteiger partial charge in [-0.3, -0.25) is 4.79 Å². The summed E-state index contributed by atoms with van der Waals surface area (Å²) in [5, 5.41) is 2.85. The SMILES string of the molecule is NC(=O)c1cnc(NCCN2CCCC2)cc1C(F)(F)F. The Labute approximate surface area is 120 Å². The lowest BCUT2D eigenvalue weighted by Crippen LogP contribution is -2.26. The molecule has 0 saturated carbocycles. The Morgan fingerprint density at radius 1 is 1.38 bits per heavy atom. The number of amides is 1. The second-order valence-corrected chi connectivity index (χ2v) is 4.95. The van der Waals surface area contributed by atoms with Gasteiger partial charge < -0.3 is 16.0 Å². The molecule has 2 rings (SSSR count). The van der Waals surface area contributed by atoms with Crippen molar-refractivity contribution in [2.75, 3.05) is 31.5 Å². The van der Waals surface area contributed by atoms with E-state index in [1.54, 1.807) is 0 Å². The van der Waals surface area contributed by atoms with E-state index in [9.17, 15) is 18.0 Å². The number of anilines is 1. The first-order valence-electron chi connectivity index (χ1n) is 6.71. The molecule has 1 aliphatic rings. The van der Waals surface area contributed by atoms with Crippen LogP contribution in [0, 0.1) is 0 Å². The maximum Gasteiger partial charge on any atom is 0.417 e. The molecule has 0 aromatic carbocycles. The third-order valence-corrected chi connectivity index (χ3v) is 3.41. The van der Waals surface area contributed by atoms with Crippen LogP contribution in [0.2, 0.25) is 0 Å². The summed E-state index contributed by atoms with van der Waals surface area (Å²) in [7, 11) is 0. The number of carbonyl (C=O) groups excluding carboxylic acids is 1. The van der Waals surface area contributed by atoms with Gasteiger partial charge in [-0.2, -0.15) is 13.2 Å². The molecule has 0 radical (unpaired) electrons. The quantitative estimate of drug-likeness (QED) is 0.868. The molecular weight excluding hydrogens is 285 g/mol. The lowest BCUT2D eigenvalue weighted by atomic mass is 10.1. The average molecular weight is 302 g/mol. The largest absolute Gasteiger partial charge is 0.417 e. The smallest absolute Gasteiger partial charge is 0.369 e. The summed E-state index contributed by atoms with van der Waals surface area (Å²) in [5.41, 5.74) is 3.26. The van der Waals surface area contributed by atoms with E-state index in [2.05, 4.69) is 15.2 Å². The minimum absolute atomic E-state index is 0.0894. The number of hydrogen-bond acceptors (Lipinski definition) is 4. The molecule has 2 heterocycles. The molecule has 116 valence electrons. The van der Waals surface area contributed by atoms with E-state index in [0.717, 1.165) is 44.7 Å². The number of hydrogen-bond donors (Lipinski definition) is 2. The first-order chi connectivity index (χ1) is 9.88. The van der Waals surface area contributed by atoms with Gasteiger partial charge in [0.05, 0.1) is 11.1 Å². The van der Waals surface area contributed by atoms with Gasteiger partial charge in [-0.05, 0) is 32.0 Å². The van der Waals surface area contributed by atoms with Crippen molar-refractivity contribution < 1.29 is 18.0 Å². The zero-order valence-corrected chi connectivity index (χ0v) is 11.4. The molecule has 8 heteroatoms. The fourth-order valence-corrected chi connectivity index (χ4v) is 2.33. The van der Waals surface area contributed by atoms with Gasteiger partial charge in [-0.1, -0.05) is 0 Å². The van der Waals surface area contributed by atoms with Crippen LogP contribution in [-0.4, -0.2) is 42.0 Å². The molecule has 1 saturated heterocycles. The summed E-state index contributed by atoms with van der Waals surface area (Å²) in [6.45, 7) is 3.29. The minimum Gasteiger partial charge on any atom is -0.369 e. The molecule has 0 atom stereocenters. The van der Waals surface area contributed by atoms with Crippen LogP contribution in [0.25, 0.3) is 0 Å². The van der Waals surface area contributed by atoms with Crippen LogP contribution in [0.5, 0.6) is 0 Å². The molecule has 21 heavy (non-hydrogen) atoms. The van der Waals surface area contributed by atoms with Crippen LogP contribution < -0.4 is 11.1 Å². The molecule has 1 aromatic heterocycles. The topological polar surface area (TPSA) is 71.2 Å². The Morgan fingerprint density at radius 3 is 2.62 bits per heavy atom. The van der Waals surface area contributed by atoms with Crippen LogP contribution in [0.15, 0.2) is 12.3 Å². The standard InChI is InChI=1S/C13H17F3N4O/c14-13(15,16)10-7-11(19-8-9(10)12(17)21)18-3-6-20-4-1-2-5-20/h7-8H,1-6H2,(H2,17,21)(H,18,19). The van der Waals surface area contributed by atoms with Crippen LogP contribution in [0.3, 0.4) is 0 Å². The summed E-state index contributed by atoms with van der Waals surface area (Å²) < 4.78 is 38.7. The summed E-state index contributed by atoms with van der Waals surface area (Å²) in [4.78, 5) is 17.1. The van der Waals surface area contributed by atoms with Gasteiger partial charge in [0.25, 0.3) is 5.91 Å². The van der Waals surface area contributed by atoms with Crippen LogP contribution in [0.1, 0.15) is 28.8 Å². The molecule has 1 aromatic rings. The predicted octanol–water partition coefficient (Wildman–Crippen LogP) is 1.71. The van der Waals surface area contributed by atoms with E-state index < -0.39 is 23.2 Å². The maximum atomic E-state index is 12.9. The van der Waals surface area contributed by atoms with Crippen LogP contribution in [0.4, 0.5) is 19.0 Å². The van der Waals surface area contributed by atoms with E-state index in [1.165, 1.54) is 0 Å². The number of rotatable bonds is 5. The van der Waals surface area contributed by atoms with Crippen LogP contribution >= 0.6 is 0 Å². The molecule has 0 aliphatic carbocycles. The Kier molecular flexibility index (Phi) is 4.66. The summed E-state index contributed by atoms with van der Waals surface area (Å²) in [5.74, 6) is -1.05. The molecule has 0 bridgehead atoms. The molecule has 5 nitrogen and oxygen atoms in total. The number of primary amides is 1. The lowest BCUT2D eigenvalue weighted by Gasteiger charge is -2.16. The number of carbonyl (C=O) groups is 1. The Hall–Kier alpha value is -1.83. The number of aromatic nitrogens is 1. The number of nitrogens with one attached hydrogen (secondary N) is 1. The minimum atomic E-state index is -4.64. The second-order valence-electron chi connectivity index (χ2n) is 4.95. The van der Waals surface area contributed by atoms with Gasteiger partial charge >= 0.3 is 6.18 Å². The molecule has 1 fully saturated rings. The van der Waals surface area contributed by atoms with Crippen molar-refractivity contribution in [2.24, 2.45) is 5.73 Å². The highest BCUT2D eigenvalue weighted by molar-refractivity contribution is 5.94. The molecule has 3 N–H and O–H groups in total. The number of likely N-dealkylation sites (tertiary alicyclic amines) is 1. The number of nitrogens with zero attached hydrogens (tertiary/aromatic N) is 2. The van der Waals surface area contributed by atoms with Crippen molar-refractivity contribution in [2.45, 2.75) is 19.0 Å². The average Bonchev–Trinajstić information content (AvgIpc) is 2.90. The monoisotopic (exact) mass is 302 g/mol. The van der Waals surface area contributed by atoms with Gasteiger partial charge in [-0.25, -0.2) is 4.98 Å². The van der Waals surface area contributed by atoms with Crippen molar-refractivity contribution >= 4 is 11.7 Å². The van der Waals surface area contributed by atoms with E-state index in [-0.39, 0.29) is 5.82 Å². The van der Waals surface area contributed by atoms with Gasteiger partial charge in [-0.15, -0.1) is 0 Å². The molecule has 0 spiro atoms. The highest BCUT2D eigenvalue weighted by Gasteiger charge is 2.35. The second kappa shape index (κ2) is 6.30. The Bertz CT molecular complexity index is 513. The Morgan fingerprint density at radius 2 is 2.05 bits per heavy atom. The van der Waals surface area contributed by atoms with Crippen LogP contribution in [-0.2, 0) is 6.18 Å². The van der Waals surface area contributed by atoms with Gasteiger partial charge in [0.15, 0.2) is 0 Å². The van der Waals surface area contributed by atoms with Crippen molar-refractivity contribution in [1.82, 2.24) is 9.88 Å². The summed E-state index contributed by atoms with van der Waals surface area (Å²) in [6, 6.07) is 0.823. The van der Waals surface area contributed by atoms with Crippen molar-refractivity contribution in [3.8, 4) is 0 Å². The fourth-order valence-electron chi connectivity index (χ4n) is 2.33. The van der Waals surface area contributed by atoms with Gasteiger partial charge in [0.2, 0.25) is 0 Å². The zero-order chi connectivity index (χ0) is 15.5. The molecular formula is C13H17F3N4O. The Balaban J connectivity index is 2.04. The first kappa shape index (κ1) is 15.6. The third-order valence-electron chi connectivity index (χ3n) is 3.41. The zero-order valence-electron chi connectivity index (χ0n) is 11.4. The summed E-state index contributed by atoms with van der Waals surface area (Å²) >= 11 is 0. The van der Waals surface area contributed by atoms with E-state index >= 15 is 0 Å². The number of alkyl halides is 3. The number of pyridine rings is 1. The van der Waals surface area contributed by atoms with E-state index in [0.29, 0.717) is 6.54 Å². The van der Waals surface area contributed by atoms with Gasteiger partial charge in [0, 0.05) is 19.3 Å². The highest BCUT2D eigenvalue weighted by atomic mass is 19.4. The predicted molar refractivity (Wildman–Crippen MR) is 71.9 cm³/mol. The number of halogens is 3. The highest BCUT2D eigenvalue weighted by Crippen LogP contribution is 2.32. The number of nitrogens with two attached hydrogens (primary N) is 1. The van der Waals surface area contributed by atoms with E-state index in [1.807, 2.05) is 0 Å². The summed E-state index contributed by atoms with van der Waals surface area (Å²) in [6.07, 6.45) is -1.46. The fraction of sp³-hybridized carbons (Fsp3) is 0.538. The molecule has 0 unspecified atom stereocenters. The maximum absolute atomic E-state index is 12.9. The van der Waals surface area contributed by atoms with Crippen molar-refractivity contribution in [1.29, 1.82) is 0 Å². The molecule has 1 amide bonds. The first-order valence-corrected chi connectivity index (χ1v) is 6.71. The van der Waals surface area contributed by atoms with E-state index in [4.69, 9.17) is 5.73 Å².